The van der Waals surface area contributed by atoms with Gasteiger partial charge >= 0.3 is 0 Å². The maximum absolute atomic E-state index is 9.04. The number of phenolic OH excluding ortho intramolecular Hbond substituents is 1. The van der Waals surface area contributed by atoms with Gasteiger partial charge in [0.25, 0.3) is 0 Å². The van der Waals surface area contributed by atoms with Crippen LogP contribution in [0.5, 0.6) is 5.75 Å². The average molecular weight is 131 g/mol. The molecule has 1 aliphatic carbocycles. The molecule has 1 nitrogen and oxygen atoms in total. The summed E-state index contributed by atoms with van der Waals surface area (Å²) in [5.41, 5.74) is 2.28. The molecule has 0 aromatic heterocycles. The third-order valence-electron chi connectivity index (χ3n) is 1.67. The Balaban J connectivity index is 2.60. The van der Waals surface area contributed by atoms with Crippen LogP contribution in [0.15, 0.2) is 24.3 Å². The lowest BCUT2D eigenvalue weighted by Gasteiger charge is -1.96. The SMILES string of the molecule is Oc1ccc2c(c1)[C]=CC2. The van der Waals surface area contributed by atoms with Crippen LogP contribution in [0, 0.1) is 6.08 Å². The molecule has 0 bridgehead atoms. The third-order valence-corrected chi connectivity index (χ3v) is 1.67. The molecular weight excluding hydrogens is 124 g/mol. The summed E-state index contributed by atoms with van der Waals surface area (Å²) < 4.78 is 0. The predicted octanol–water partition coefficient (Wildman–Crippen LogP) is 1.66. The molecule has 1 N–H and O–H groups in total. The smallest absolute Gasteiger partial charge is 0.116 e. The van der Waals surface area contributed by atoms with Crippen molar-refractivity contribution in [2.24, 2.45) is 0 Å². The Kier molecular flexibility index (Phi) is 1.04. The largest absolute Gasteiger partial charge is 0.508 e. The van der Waals surface area contributed by atoms with Crippen LogP contribution in [0.25, 0.3) is 0 Å². The first-order valence-electron chi connectivity index (χ1n) is 3.26. The van der Waals surface area contributed by atoms with E-state index in [1.807, 2.05) is 12.1 Å². The van der Waals surface area contributed by atoms with Crippen LogP contribution in [0.4, 0.5) is 0 Å². The van der Waals surface area contributed by atoms with Gasteiger partial charge in [0.1, 0.15) is 5.75 Å². The number of phenols is 1. The molecule has 2 rings (SSSR count). The van der Waals surface area contributed by atoms with Crippen molar-refractivity contribution in [3.05, 3.63) is 41.5 Å². The summed E-state index contributed by atoms with van der Waals surface area (Å²) in [6.07, 6.45) is 5.99. The Morgan fingerprint density at radius 3 is 3.20 bits per heavy atom. The number of hydrogen-bond acceptors (Lipinski definition) is 1. The highest BCUT2D eigenvalue weighted by Crippen LogP contribution is 2.21. The van der Waals surface area contributed by atoms with Gasteiger partial charge in [-0.05, 0) is 35.8 Å². The Bertz CT molecular complexity index is 287. The third kappa shape index (κ3) is 0.711. The lowest BCUT2D eigenvalue weighted by atomic mass is 10.1. The van der Waals surface area contributed by atoms with Gasteiger partial charge in [-0.2, -0.15) is 0 Å². The van der Waals surface area contributed by atoms with Crippen molar-refractivity contribution in [3.8, 4) is 5.75 Å². The lowest BCUT2D eigenvalue weighted by Crippen LogP contribution is -1.79. The summed E-state index contributed by atoms with van der Waals surface area (Å²) in [7, 11) is 0. The van der Waals surface area contributed by atoms with Gasteiger partial charge in [0.15, 0.2) is 0 Å². The van der Waals surface area contributed by atoms with Crippen molar-refractivity contribution in [1.82, 2.24) is 0 Å². The first kappa shape index (κ1) is 5.54. The van der Waals surface area contributed by atoms with E-state index in [0.29, 0.717) is 5.75 Å². The molecule has 0 spiro atoms. The summed E-state index contributed by atoms with van der Waals surface area (Å²) in [6, 6.07) is 5.37. The second-order valence-electron chi connectivity index (χ2n) is 2.39. The summed E-state index contributed by atoms with van der Waals surface area (Å²) in [5.74, 6) is 0.321. The van der Waals surface area contributed by atoms with E-state index in [0.717, 1.165) is 12.0 Å². The Hall–Kier alpha value is -1.24. The molecule has 0 amide bonds. The normalized spacial score (nSPS) is 13.6. The Morgan fingerprint density at radius 2 is 2.30 bits per heavy atom. The quantitative estimate of drug-likeness (QED) is 0.567. The fourth-order valence-corrected chi connectivity index (χ4v) is 1.15. The summed E-state index contributed by atoms with van der Waals surface area (Å²) in [6.45, 7) is 0. The average Bonchev–Trinajstić information content (AvgIpc) is 2.33. The molecule has 0 heterocycles. The molecule has 1 aromatic carbocycles. The number of rotatable bonds is 0. The molecule has 1 radical (unpaired) electrons. The number of benzene rings is 1. The molecule has 0 atom stereocenters. The van der Waals surface area contributed by atoms with Crippen LogP contribution in [0.2, 0.25) is 0 Å². The topological polar surface area (TPSA) is 20.2 Å². The highest BCUT2D eigenvalue weighted by atomic mass is 16.3. The van der Waals surface area contributed by atoms with Crippen LogP contribution < -0.4 is 0 Å². The standard InChI is InChI=1S/C9H7O/c10-9-5-4-7-2-1-3-8(7)6-9/h1,4-6,10H,2H2. The van der Waals surface area contributed by atoms with Crippen LogP contribution in [0.3, 0.4) is 0 Å². The van der Waals surface area contributed by atoms with Gasteiger partial charge in [0, 0.05) is 0 Å². The molecule has 10 heavy (non-hydrogen) atoms. The van der Waals surface area contributed by atoms with Gasteiger partial charge < -0.3 is 5.11 Å². The van der Waals surface area contributed by atoms with Gasteiger partial charge in [-0.25, -0.2) is 0 Å². The van der Waals surface area contributed by atoms with Crippen molar-refractivity contribution < 1.29 is 5.11 Å². The molecule has 0 saturated heterocycles. The van der Waals surface area contributed by atoms with Crippen LogP contribution in [-0.4, -0.2) is 5.11 Å². The number of fused-ring (bicyclic) bond motifs is 1. The zero-order valence-electron chi connectivity index (χ0n) is 5.46. The van der Waals surface area contributed by atoms with Crippen LogP contribution in [0.1, 0.15) is 11.1 Å². The molecule has 0 saturated carbocycles. The molecule has 0 unspecified atom stereocenters. The van der Waals surface area contributed by atoms with E-state index < -0.39 is 0 Å². The van der Waals surface area contributed by atoms with Crippen LogP contribution >= 0.6 is 0 Å². The predicted molar refractivity (Wildman–Crippen MR) is 38.7 cm³/mol. The Labute approximate surface area is 59.6 Å². The number of aromatic hydroxyl groups is 1. The molecule has 49 valence electrons. The second kappa shape index (κ2) is 1.87. The number of allylic oxidation sites excluding steroid dienone is 1. The molecule has 1 aliphatic rings. The van der Waals surface area contributed by atoms with Gasteiger partial charge in [-0.15, -0.1) is 0 Å². The van der Waals surface area contributed by atoms with Crippen LogP contribution in [-0.2, 0) is 6.42 Å². The lowest BCUT2D eigenvalue weighted by molar-refractivity contribution is 0.475. The summed E-state index contributed by atoms with van der Waals surface area (Å²) in [5, 5.41) is 9.04. The van der Waals surface area contributed by atoms with Gasteiger partial charge in [0.05, 0.1) is 0 Å². The fourth-order valence-electron chi connectivity index (χ4n) is 1.15. The minimum absolute atomic E-state index is 0.321. The van der Waals surface area contributed by atoms with E-state index in [1.165, 1.54) is 5.56 Å². The van der Waals surface area contributed by atoms with Crippen molar-refractivity contribution in [2.45, 2.75) is 6.42 Å². The van der Waals surface area contributed by atoms with Crippen molar-refractivity contribution in [3.63, 3.8) is 0 Å². The highest BCUT2D eigenvalue weighted by molar-refractivity contribution is 5.43. The second-order valence-corrected chi connectivity index (χ2v) is 2.39. The monoisotopic (exact) mass is 131 g/mol. The molecule has 0 aliphatic heterocycles. The number of hydrogen-bond donors (Lipinski definition) is 1. The summed E-state index contributed by atoms with van der Waals surface area (Å²) in [4.78, 5) is 0. The van der Waals surface area contributed by atoms with E-state index in [-0.39, 0.29) is 0 Å². The van der Waals surface area contributed by atoms with Crippen molar-refractivity contribution in [2.75, 3.05) is 0 Å². The van der Waals surface area contributed by atoms with E-state index in [2.05, 4.69) is 6.08 Å². The zero-order valence-corrected chi connectivity index (χ0v) is 5.46. The molecule has 0 fully saturated rings. The van der Waals surface area contributed by atoms with Crippen molar-refractivity contribution >= 4 is 0 Å². The van der Waals surface area contributed by atoms with Gasteiger partial charge in [0.2, 0.25) is 0 Å². The minimum Gasteiger partial charge on any atom is -0.508 e. The first-order valence-corrected chi connectivity index (χ1v) is 3.26. The van der Waals surface area contributed by atoms with Crippen molar-refractivity contribution in [1.29, 1.82) is 0 Å². The van der Waals surface area contributed by atoms with E-state index in [9.17, 15) is 0 Å². The molecule has 1 aromatic rings. The van der Waals surface area contributed by atoms with Gasteiger partial charge in [-0.3, -0.25) is 0 Å². The maximum atomic E-state index is 9.04. The maximum Gasteiger partial charge on any atom is 0.116 e. The van der Waals surface area contributed by atoms with E-state index in [1.54, 1.807) is 12.1 Å². The first-order chi connectivity index (χ1) is 4.86. The molecule has 1 heteroatoms. The highest BCUT2D eigenvalue weighted by Gasteiger charge is 2.04. The molecular formula is C9H7O. The summed E-state index contributed by atoms with van der Waals surface area (Å²) >= 11 is 0. The fraction of sp³-hybridized carbons (Fsp3) is 0.111. The zero-order chi connectivity index (χ0) is 6.97. The van der Waals surface area contributed by atoms with E-state index in [4.69, 9.17) is 5.11 Å². The Morgan fingerprint density at radius 1 is 1.40 bits per heavy atom. The van der Waals surface area contributed by atoms with E-state index >= 15 is 0 Å². The minimum atomic E-state index is 0.321. The van der Waals surface area contributed by atoms with Gasteiger partial charge in [-0.1, -0.05) is 12.1 Å².